The molecule has 2 heterocycles. The van der Waals surface area contributed by atoms with E-state index in [1.807, 2.05) is 31.3 Å². The van der Waals surface area contributed by atoms with Crippen molar-refractivity contribution in [1.82, 2.24) is 20.0 Å². The van der Waals surface area contributed by atoms with Crippen molar-refractivity contribution >= 4 is 5.91 Å². The van der Waals surface area contributed by atoms with Gasteiger partial charge in [0.15, 0.2) is 0 Å². The van der Waals surface area contributed by atoms with Gasteiger partial charge in [-0.05, 0) is 56.6 Å². The smallest absolute Gasteiger partial charge is 0.221 e. The average molecular weight is 372 g/mol. The predicted molar refractivity (Wildman–Crippen MR) is 104 cm³/mol. The lowest BCUT2D eigenvalue weighted by Crippen LogP contribution is -2.38. The third-order valence-electron chi connectivity index (χ3n) is 5.17. The third kappa shape index (κ3) is 5.89. The second-order valence-electron chi connectivity index (χ2n) is 7.29. The van der Waals surface area contributed by atoms with E-state index in [1.165, 1.54) is 37.8 Å². The van der Waals surface area contributed by atoms with E-state index in [0.717, 1.165) is 24.3 Å². The molecule has 1 aliphatic rings. The van der Waals surface area contributed by atoms with E-state index in [2.05, 4.69) is 15.3 Å². The Morgan fingerprint density at radius 3 is 2.48 bits per heavy atom. The third-order valence-corrected chi connectivity index (χ3v) is 5.17. The second-order valence-corrected chi connectivity index (χ2v) is 7.29. The van der Waals surface area contributed by atoms with Crippen LogP contribution < -0.4 is 5.32 Å². The van der Waals surface area contributed by atoms with E-state index in [4.69, 9.17) is 0 Å². The van der Waals surface area contributed by atoms with Crippen molar-refractivity contribution in [2.45, 2.75) is 51.6 Å². The van der Waals surface area contributed by atoms with E-state index >= 15 is 0 Å². The number of aromatic nitrogens is 2. The van der Waals surface area contributed by atoms with Crippen LogP contribution in [-0.2, 0) is 11.3 Å². The summed E-state index contributed by atoms with van der Waals surface area (Å²) in [4.78, 5) is 14.8. The van der Waals surface area contributed by atoms with Crippen LogP contribution in [0.2, 0.25) is 0 Å². The maximum Gasteiger partial charge on any atom is 0.221 e. The molecule has 1 aromatic heterocycles. The van der Waals surface area contributed by atoms with E-state index in [0.29, 0.717) is 19.5 Å². The minimum absolute atomic E-state index is 0.0186. The molecule has 1 fully saturated rings. The van der Waals surface area contributed by atoms with Gasteiger partial charge in [0.1, 0.15) is 5.82 Å². The van der Waals surface area contributed by atoms with Crippen LogP contribution in [0, 0.1) is 12.7 Å². The Morgan fingerprint density at radius 2 is 1.85 bits per heavy atom. The Balaban J connectivity index is 1.60. The van der Waals surface area contributed by atoms with Gasteiger partial charge in [-0.1, -0.05) is 25.0 Å². The fourth-order valence-electron chi connectivity index (χ4n) is 3.65. The maximum absolute atomic E-state index is 13.3. The summed E-state index contributed by atoms with van der Waals surface area (Å²) in [6.45, 7) is 5.09. The van der Waals surface area contributed by atoms with Crippen LogP contribution in [0.25, 0.3) is 0 Å². The summed E-state index contributed by atoms with van der Waals surface area (Å²) in [5.41, 5.74) is 2.01. The number of hydrogen-bond acceptors (Lipinski definition) is 3. The molecule has 6 heteroatoms. The summed E-state index contributed by atoms with van der Waals surface area (Å²) < 4.78 is 15.1. The first-order chi connectivity index (χ1) is 13.1. The van der Waals surface area contributed by atoms with Gasteiger partial charge in [0.25, 0.3) is 0 Å². The number of benzene rings is 1. The normalized spacial score (nSPS) is 16.7. The summed E-state index contributed by atoms with van der Waals surface area (Å²) in [7, 11) is 0. The van der Waals surface area contributed by atoms with E-state index in [-0.39, 0.29) is 17.8 Å². The fraction of sp³-hybridized carbons (Fsp3) is 0.524. The molecule has 3 rings (SSSR count). The molecule has 0 saturated carbocycles. The molecule has 1 unspecified atom stereocenters. The summed E-state index contributed by atoms with van der Waals surface area (Å²) in [6.07, 6.45) is 7.14. The molecule has 1 atom stereocenters. The van der Waals surface area contributed by atoms with Gasteiger partial charge in [0.2, 0.25) is 5.91 Å². The van der Waals surface area contributed by atoms with Gasteiger partial charge in [-0.25, -0.2) is 4.39 Å². The zero-order chi connectivity index (χ0) is 19.1. The molecule has 146 valence electrons. The zero-order valence-electron chi connectivity index (χ0n) is 16.0. The molecular formula is C21H29FN4O. The Kier molecular flexibility index (Phi) is 6.98. The number of likely N-dealkylation sites (tertiary alicyclic amines) is 1. The van der Waals surface area contributed by atoms with Crippen LogP contribution in [0.5, 0.6) is 0 Å². The van der Waals surface area contributed by atoms with Crippen molar-refractivity contribution < 1.29 is 9.18 Å². The minimum Gasteiger partial charge on any atom is -0.354 e. The topological polar surface area (TPSA) is 50.2 Å². The fourth-order valence-corrected chi connectivity index (χ4v) is 3.65. The minimum atomic E-state index is -0.230. The van der Waals surface area contributed by atoms with Crippen molar-refractivity contribution in [3.8, 4) is 0 Å². The van der Waals surface area contributed by atoms with Crippen molar-refractivity contribution in [3.05, 3.63) is 53.6 Å². The Bertz CT molecular complexity index is 720. The van der Waals surface area contributed by atoms with Gasteiger partial charge < -0.3 is 5.32 Å². The Hall–Kier alpha value is -2.21. The van der Waals surface area contributed by atoms with Crippen molar-refractivity contribution in [3.63, 3.8) is 0 Å². The number of carbonyl (C=O) groups excluding carboxylic acids is 1. The summed E-state index contributed by atoms with van der Waals surface area (Å²) in [5.74, 6) is -0.211. The lowest BCUT2D eigenvalue weighted by atomic mass is 10.0. The summed E-state index contributed by atoms with van der Waals surface area (Å²) in [6, 6.07) is 8.69. The van der Waals surface area contributed by atoms with Crippen LogP contribution in [-0.4, -0.2) is 40.2 Å². The highest BCUT2D eigenvalue weighted by molar-refractivity contribution is 5.75. The molecule has 0 aliphatic carbocycles. The van der Waals surface area contributed by atoms with Gasteiger partial charge in [-0.15, -0.1) is 0 Å². The predicted octanol–water partition coefficient (Wildman–Crippen LogP) is 3.45. The second kappa shape index (κ2) is 9.65. The number of nitrogens with one attached hydrogen (secondary N) is 1. The molecule has 0 radical (unpaired) electrons. The quantitative estimate of drug-likeness (QED) is 0.810. The van der Waals surface area contributed by atoms with Gasteiger partial charge in [0.05, 0.1) is 11.7 Å². The number of carbonyl (C=O) groups is 1. The molecule has 1 saturated heterocycles. The SMILES string of the molecule is Cc1ccn(CCC(=O)NCC(c2ccc(F)cc2)N2CCCCCC2)n1. The number of rotatable bonds is 7. The maximum atomic E-state index is 13.3. The lowest BCUT2D eigenvalue weighted by molar-refractivity contribution is -0.121. The number of amides is 1. The first kappa shape index (κ1) is 19.5. The van der Waals surface area contributed by atoms with Gasteiger partial charge in [-0.3, -0.25) is 14.4 Å². The molecule has 5 nitrogen and oxygen atoms in total. The van der Waals surface area contributed by atoms with Crippen LogP contribution >= 0.6 is 0 Å². The highest BCUT2D eigenvalue weighted by Crippen LogP contribution is 2.24. The number of halogens is 1. The van der Waals surface area contributed by atoms with Crippen LogP contribution in [0.3, 0.4) is 0 Å². The first-order valence-electron chi connectivity index (χ1n) is 9.88. The number of aryl methyl sites for hydroxylation is 2. The van der Waals surface area contributed by atoms with Crippen LogP contribution in [0.1, 0.15) is 49.4 Å². The van der Waals surface area contributed by atoms with Crippen LogP contribution in [0.4, 0.5) is 4.39 Å². The Labute approximate surface area is 160 Å². The highest BCUT2D eigenvalue weighted by atomic mass is 19.1. The first-order valence-corrected chi connectivity index (χ1v) is 9.88. The molecule has 27 heavy (non-hydrogen) atoms. The monoisotopic (exact) mass is 372 g/mol. The average Bonchev–Trinajstić information content (AvgIpc) is 2.91. The molecule has 1 aromatic carbocycles. The molecule has 0 spiro atoms. The summed E-state index contributed by atoms with van der Waals surface area (Å²) in [5, 5.41) is 7.39. The van der Waals surface area contributed by atoms with E-state index in [1.54, 1.807) is 4.68 Å². The van der Waals surface area contributed by atoms with E-state index in [9.17, 15) is 9.18 Å². The standard InChI is InChI=1S/C21H29FN4O/c1-17-10-14-26(24-17)15-11-21(27)23-16-20(18-6-8-19(22)9-7-18)25-12-4-2-3-5-13-25/h6-10,14,20H,2-5,11-13,15-16H2,1H3,(H,23,27). The van der Waals surface area contributed by atoms with Crippen molar-refractivity contribution in [2.24, 2.45) is 0 Å². The molecule has 0 bridgehead atoms. The van der Waals surface area contributed by atoms with Gasteiger partial charge >= 0.3 is 0 Å². The lowest BCUT2D eigenvalue weighted by Gasteiger charge is -2.31. The van der Waals surface area contributed by atoms with Crippen molar-refractivity contribution in [2.75, 3.05) is 19.6 Å². The van der Waals surface area contributed by atoms with Gasteiger partial charge in [-0.2, -0.15) is 5.10 Å². The summed E-state index contributed by atoms with van der Waals surface area (Å²) >= 11 is 0. The van der Waals surface area contributed by atoms with Gasteiger partial charge in [0, 0.05) is 25.7 Å². The molecule has 1 amide bonds. The number of nitrogens with zero attached hydrogens (tertiary/aromatic N) is 3. The molecule has 1 N–H and O–H groups in total. The van der Waals surface area contributed by atoms with Crippen molar-refractivity contribution in [1.29, 1.82) is 0 Å². The molecule has 2 aromatic rings. The Morgan fingerprint density at radius 1 is 1.15 bits per heavy atom. The largest absolute Gasteiger partial charge is 0.354 e. The zero-order valence-corrected chi connectivity index (χ0v) is 16.0. The highest BCUT2D eigenvalue weighted by Gasteiger charge is 2.22. The molecular weight excluding hydrogens is 343 g/mol. The molecule has 1 aliphatic heterocycles. The van der Waals surface area contributed by atoms with E-state index < -0.39 is 0 Å². The van der Waals surface area contributed by atoms with Crippen LogP contribution in [0.15, 0.2) is 36.5 Å². The number of hydrogen-bond donors (Lipinski definition) is 1.